The molecule has 1 aromatic heterocycles. The summed E-state index contributed by atoms with van der Waals surface area (Å²) >= 11 is 0. The van der Waals surface area contributed by atoms with Crippen LogP contribution in [0.15, 0.2) is 217 Å². The van der Waals surface area contributed by atoms with E-state index in [-0.39, 0.29) is 10.8 Å². The zero-order valence-electron chi connectivity index (χ0n) is 37.5. The summed E-state index contributed by atoms with van der Waals surface area (Å²) in [5.74, 6) is 0. The molecule has 0 saturated carbocycles. The zero-order valence-corrected chi connectivity index (χ0v) is 37.5. The Hall–Kier alpha value is -7.42. The molecule has 2 aliphatic rings. The predicted octanol–water partition coefficient (Wildman–Crippen LogP) is 17.1. The first kappa shape index (κ1) is 39.2. The zero-order chi connectivity index (χ0) is 43.9. The summed E-state index contributed by atoms with van der Waals surface area (Å²) in [6, 6.07) is 78.6. The third-order valence-corrected chi connectivity index (χ3v) is 14.8. The highest BCUT2D eigenvalue weighted by molar-refractivity contribution is 6.09. The number of anilines is 3. The molecular formula is C63H51NO. The van der Waals surface area contributed by atoms with Gasteiger partial charge in [-0.2, -0.15) is 0 Å². The Kier molecular flexibility index (Phi) is 8.94. The van der Waals surface area contributed by atoms with Crippen LogP contribution >= 0.6 is 0 Å². The number of benzene rings is 9. The van der Waals surface area contributed by atoms with E-state index in [1.807, 2.05) is 6.07 Å². The summed E-state index contributed by atoms with van der Waals surface area (Å²) in [5.41, 5.74) is 20.0. The molecule has 0 aliphatic heterocycles. The number of furan rings is 1. The van der Waals surface area contributed by atoms with Crippen LogP contribution in [0.5, 0.6) is 0 Å². The van der Waals surface area contributed by atoms with Gasteiger partial charge in [-0.3, -0.25) is 0 Å². The van der Waals surface area contributed by atoms with Crippen molar-refractivity contribution in [3.63, 3.8) is 0 Å². The number of rotatable bonds is 7. The lowest BCUT2D eigenvalue weighted by Crippen LogP contribution is -2.34. The molecule has 0 N–H and O–H groups in total. The molecule has 0 atom stereocenters. The predicted molar refractivity (Wildman–Crippen MR) is 272 cm³/mol. The van der Waals surface area contributed by atoms with E-state index < -0.39 is 5.41 Å². The maximum atomic E-state index is 6.55. The van der Waals surface area contributed by atoms with Gasteiger partial charge in [0.15, 0.2) is 0 Å². The third kappa shape index (κ3) is 6.00. The largest absolute Gasteiger partial charge is 0.455 e. The average molecular weight is 838 g/mol. The van der Waals surface area contributed by atoms with Gasteiger partial charge in [-0.1, -0.05) is 198 Å². The third-order valence-electron chi connectivity index (χ3n) is 14.8. The number of hydrogen-bond acceptors (Lipinski definition) is 2. The standard InChI is InChI=1S/C63H51NO/c1-61(2)38-39-62(3,4)59-50(29-19-32-55(59)61)53-40-52-48-26-14-16-31-54(48)63(43-20-8-5-9-21-43,44-22-10-6-11-23-44)56(52)41-57(53)64(45-24-12-7-13-25-45)46-36-34-42(35-37-46)47-28-18-30-51-49-27-15-17-33-58(49)65-60(47)51/h5-37,40-41H,38-39H2,1-4H3. The van der Waals surface area contributed by atoms with Crippen molar-refractivity contribution in [1.29, 1.82) is 0 Å². The lowest BCUT2D eigenvalue weighted by atomic mass is 9.61. The maximum Gasteiger partial charge on any atom is 0.143 e. The Labute approximate surface area is 382 Å². The van der Waals surface area contributed by atoms with E-state index in [2.05, 4.69) is 239 Å². The Morgan fingerprint density at radius 1 is 0.400 bits per heavy atom. The van der Waals surface area contributed by atoms with Crippen molar-refractivity contribution in [2.75, 3.05) is 4.90 Å². The van der Waals surface area contributed by atoms with E-state index in [1.165, 1.54) is 55.6 Å². The number of nitrogens with zero attached hydrogens (tertiary/aromatic N) is 1. The van der Waals surface area contributed by atoms with Crippen LogP contribution in [0.25, 0.3) is 55.3 Å². The van der Waals surface area contributed by atoms with E-state index in [9.17, 15) is 0 Å². The topological polar surface area (TPSA) is 16.4 Å². The van der Waals surface area contributed by atoms with Crippen LogP contribution in [0.1, 0.15) is 73.9 Å². The second-order valence-corrected chi connectivity index (χ2v) is 19.4. The quantitative estimate of drug-likeness (QED) is 0.159. The van der Waals surface area contributed by atoms with Gasteiger partial charge in [0.2, 0.25) is 0 Å². The minimum absolute atomic E-state index is 0.0234. The van der Waals surface area contributed by atoms with Crippen molar-refractivity contribution in [3.05, 3.63) is 246 Å². The van der Waals surface area contributed by atoms with Crippen LogP contribution in [0, 0.1) is 0 Å². The van der Waals surface area contributed by atoms with Gasteiger partial charge in [0.1, 0.15) is 11.2 Å². The van der Waals surface area contributed by atoms with Gasteiger partial charge >= 0.3 is 0 Å². The monoisotopic (exact) mass is 837 g/mol. The van der Waals surface area contributed by atoms with Crippen LogP contribution < -0.4 is 4.90 Å². The van der Waals surface area contributed by atoms with Gasteiger partial charge in [0, 0.05) is 33.3 Å². The molecule has 12 rings (SSSR count). The van der Waals surface area contributed by atoms with Gasteiger partial charge in [-0.25, -0.2) is 0 Å². The highest BCUT2D eigenvalue weighted by Gasteiger charge is 2.47. The van der Waals surface area contributed by atoms with E-state index in [0.29, 0.717) is 0 Å². The second kappa shape index (κ2) is 14.8. The van der Waals surface area contributed by atoms with Crippen molar-refractivity contribution < 1.29 is 4.42 Å². The Balaban J connectivity index is 1.16. The molecule has 2 aliphatic carbocycles. The molecule has 1 heterocycles. The minimum atomic E-state index is -0.559. The fourth-order valence-electron chi connectivity index (χ4n) is 11.6. The van der Waals surface area contributed by atoms with Crippen LogP contribution in [0.2, 0.25) is 0 Å². The maximum absolute atomic E-state index is 6.55. The molecular weight excluding hydrogens is 787 g/mol. The first-order valence-electron chi connectivity index (χ1n) is 23.1. The van der Waals surface area contributed by atoms with Crippen molar-refractivity contribution in [3.8, 4) is 33.4 Å². The molecule has 9 aromatic carbocycles. The molecule has 10 aromatic rings. The summed E-state index contributed by atoms with van der Waals surface area (Å²) in [4.78, 5) is 2.51. The molecule has 0 amide bonds. The number of fused-ring (bicyclic) bond motifs is 7. The summed E-state index contributed by atoms with van der Waals surface area (Å²) in [6.45, 7) is 9.78. The smallest absolute Gasteiger partial charge is 0.143 e. The van der Waals surface area contributed by atoms with Gasteiger partial charge in [0.25, 0.3) is 0 Å². The summed E-state index contributed by atoms with van der Waals surface area (Å²) < 4.78 is 6.55. The first-order valence-corrected chi connectivity index (χ1v) is 23.1. The Bertz CT molecular complexity index is 3370. The lowest BCUT2D eigenvalue weighted by molar-refractivity contribution is 0.333. The lowest BCUT2D eigenvalue weighted by Gasteiger charge is -2.43. The summed E-state index contributed by atoms with van der Waals surface area (Å²) in [6.07, 6.45) is 2.28. The molecule has 0 fully saturated rings. The number of hydrogen-bond donors (Lipinski definition) is 0. The summed E-state index contributed by atoms with van der Waals surface area (Å²) in [5, 5.41) is 2.27. The van der Waals surface area contributed by atoms with Gasteiger partial charge in [-0.05, 0) is 122 Å². The molecule has 0 radical (unpaired) electrons. The average Bonchev–Trinajstić information content (AvgIpc) is 3.88. The Morgan fingerprint density at radius 2 is 0.954 bits per heavy atom. The fraction of sp³-hybridized carbons (Fsp3) is 0.143. The van der Waals surface area contributed by atoms with Gasteiger partial charge in [0.05, 0.1) is 11.1 Å². The highest BCUT2D eigenvalue weighted by atomic mass is 16.3. The summed E-state index contributed by atoms with van der Waals surface area (Å²) in [7, 11) is 0. The Morgan fingerprint density at radius 3 is 1.69 bits per heavy atom. The van der Waals surface area contributed by atoms with Crippen molar-refractivity contribution in [2.24, 2.45) is 0 Å². The molecule has 2 heteroatoms. The van der Waals surface area contributed by atoms with Crippen molar-refractivity contribution in [1.82, 2.24) is 0 Å². The fourth-order valence-corrected chi connectivity index (χ4v) is 11.6. The van der Waals surface area contributed by atoms with Crippen molar-refractivity contribution >= 4 is 39.0 Å². The second-order valence-electron chi connectivity index (χ2n) is 19.4. The molecule has 2 nitrogen and oxygen atoms in total. The van der Waals surface area contributed by atoms with Crippen LogP contribution in [-0.4, -0.2) is 0 Å². The van der Waals surface area contributed by atoms with E-state index in [1.54, 1.807) is 0 Å². The molecule has 0 bridgehead atoms. The van der Waals surface area contributed by atoms with E-state index in [4.69, 9.17) is 4.42 Å². The van der Waals surface area contributed by atoms with E-state index >= 15 is 0 Å². The van der Waals surface area contributed by atoms with Crippen LogP contribution in [0.4, 0.5) is 17.1 Å². The SMILES string of the molecule is CC1(C)CCC(C)(C)c2c(-c3cc4c(cc3N(c3ccccc3)c3ccc(-c5cccc6c5oc5ccccc56)cc3)C(c3ccccc3)(c3ccccc3)c3ccccc3-4)cccc21. The molecule has 65 heavy (non-hydrogen) atoms. The molecule has 0 spiro atoms. The first-order chi connectivity index (χ1) is 31.7. The number of para-hydroxylation sites is 3. The molecule has 314 valence electrons. The minimum Gasteiger partial charge on any atom is -0.455 e. The van der Waals surface area contributed by atoms with Crippen LogP contribution in [-0.2, 0) is 16.2 Å². The van der Waals surface area contributed by atoms with Gasteiger partial charge in [-0.15, -0.1) is 0 Å². The van der Waals surface area contributed by atoms with Crippen LogP contribution in [0.3, 0.4) is 0 Å². The van der Waals surface area contributed by atoms with Gasteiger partial charge < -0.3 is 9.32 Å². The molecule has 0 saturated heterocycles. The normalized spacial score (nSPS) is 15.3. The molecule has 0 unspecified atom stereocenters. The van der Waals surface area contributed by atoms with E-state index in [0.717, 1.165) is 63.0 Å². The van der Waals surface area contributed by atoms with Crippen molar-refractivity contribution in [2.45, 2.75) is 56.8 Å². The highest BCUT2D eigenvalue weighted by Crippen LogP contribution is 2.60.